The van der Waals surface area contributed by atoms with Crippen LogP contribution in [0.3, 0.4) is 0 Å². The van der Waals surface area contributed by atoms with Gasteiger partial charge in [-0.15, -0.1) is 10.2 Å². The second-order valence-electron chi connectivity index (χ2n) is 4.44. The first-order valence-electron chi connectivity index (χ1n) is 6.48. The highest BCUT2D eigenvalue weighted by molar-refractivity contribution is 7.99. The molecule has 6 heteroatoms. The maximum absolute atomic E-state index is 11.6. The third kappa shape index (κ3) is 3.05. The van der Waals surface area contributed by atoms with Crippen LogP contribution in [0.1, 0.15) is 18.1 Å². The van der Waals surface area contributed by atoms with E-state index < -0.39 is 0 Å². The predicted octanol–water partition coefficient (Wildman–Crippen LogP) is 3.22. The molecular weight excluding hydrogens is 286 g/mol. The lowest BCUT2D eigenvalue weighted by Gasteiger charge is -2.06. The van der Waals surface area contributed by atoms with Crippen LogP contribution in [0.2, 0.25) is 0 Å². The van der Waals surface area contributed by atoms with Crippen LogP contribution in [0.4, 0.5) is 0 Å². The maximum Gasteiger partial charge on any atom is 0.252 e. The van der Waals surface area contributed by atoms with Crippen LogP contribution in [0.25, 0.3) is 11.5 Å². The van der Waals surface area contributed by atoms with E-state index in [0.29, 0.717) is 16.8 Å². The smallest absolute Gasteiger partial charge is 0.252 e. The van der Waals surface area contributed by atoms with Gasteiger partial charge in [-0.1, -0.05) is 18.2 Å². The molecule has 0 amide bonds. The number of hydrogen-bond acceptors (Lipinski definition) is 5. The van der Waals surface area contributed by atoms with Crippen molar-refractivity contribution in [1.82, 2.24) is 10.2 Å². The standard InChI is InChI=1S/C15H13N3O2S/c1-11(21-13-9-5-6-10-18(13)19)14-16-17-15(20-14)12-7-3-2-4-8-12/h2-11H,1H3/t11-/m1/s1. The second kappa shape index (κ2) is 5.97. The van der Waals surface area contributed by atoms with Crippen molar-refractivity contribution in [2.24, 2.45) is 0 Å². The van der Waals surface area contributed by atoms with Crippen molar-refractivity contribution in [3.8, 4) is 11.5 Å². The molecule has 0 fully saturated rings. The fourth-order valence-electron chi connectivity index (χ4n) is 1.83. The maximum atomic E-state index is 11.6. The van der Waals surface area contributed by atoms with Crippen molar-refractivity contribution < 1.29 is 9.15 Å². The zero-order chi connectivity index (χ0) is 14.7. The molecule has 0 radical (unpaired) electrons. The number of rotatable bonds is 4. The SMILES string of the molecule is C[C@@H](Sc1cccc[n+]1[O-])c1nnc(-c2ccccc2)o1. The Hall–Kier alpha value is -2.34. The summed E-state index contributed by atoms with van der Waals surface area (Å²) in [6, 6.07) is 14.9. The molecule has 2 aromatic heterocycles. The Labute approximate surface area is 126 Å². The molecule has 1 atom stereocenters. The van der Waals surface area contributed by atoms with E-state index in [-0.39, 0.29) is 5.25 Å². The van der Waals surface area contributed by atoms with Crippen LogP contribution in [-0.2, 0) is 0 Å². The average molecular weight is 299 g/mol. The van der Waals surface area contributed by atoms with E-state index in [4.69, 9.17) is 4.42 Å². The van der Waals surface area contributed by atoms with Crippen LogP contribution in [0.15, 0.2) is 64.2 Å². The summed E-state index contributed by atoms with van der Waals surface area (Å²) in [6.45, 7) is 1.93. The van der Waals surface area contributed by atoms with E-state index in [1.807, 2.05) is 43.3 Å². The molecule has 0 aliphatic heterocycles. The van der Waals surface area contributed by atoms with Crippen LogP contribution in [0.5, 0.6) is 0 Å². The van der Waals surface area contributed by atoms with Crippen LogP contribution in [0, 0.1) is 5.21 Å². The van der Waals surface area contributed by atoms with Crippen molar-refractivity contribution in [2.75, 3.05) is 0 Å². The van der Waals surface area contributed by atoms with Crippen molar-refractivity contribution in [3.05, 3.63) is 65.8 Å². The number of aromatic nitrogens is 3. The monoisotopic (exact) mass is 299 g/mol. The molecule has 3 rings (SSSR count). The highest BCUT2D eigenvalue weighted by Gasteiger charge is 2.19. The third-order valence-electron chi connectivity index (χ3n) is 2.90. The summed E-state index contributed by atoms with van der Waals surface area (Å²) in [7, 11) is 0. The Kier molecular flexibility index (Phi) is 3.87. The number of pyridine rings is 1. The molecule has 0 N–H and O–H groups in total. The van der Waals surface area contributed by atoms with Crippen LogP contribution >= 0.6 is 11.8 Å². The minimum absolute atomic E-state index is 0.0995. The van der Waals surface area contributed by atoms with Crippen molar-refractivity contribution in [2.45, 2.75) is 17.2 Å². The summed E-state index contributed by atoms with van der Waals surface area (Å²) in [6.07, 6.45) is 1.47. The lowest BCUT2D eigenvalue weighted by Crippen LogP contribution is -2.27. The van der Waals surface area contributed by atoms with Crippen LogP contribution < -0.4 is 4.73 Å². The van der Waals surface area contributed by atoms with E-state index in [1.165, 1.54) is 18.0 Å². The summed E-state index contributed by atoms with van der Waals surface area (Å²) in [5.74, 6) is 0.990. The zero-order valence-electron chi connectivity index (χ0n) is 11.3. The Balaban J connectivity index is 1.79. The highest BCUT2D eigenvalue weighted by Crippen LogP contribution is 2.33. The Morgan fingerprint density at radius 3 is 2.62 bits per heavy atom. The Bertz CT molecular complexity index is 731. The van der Waals surface area contributed by atoms with E-state index in [1.54, 1.807) is 12.1 Å². The van der Waals surface area contributed by atoms with Gasteiger partial charge in [-0.25, -0.2) is 0 Å². The molecule has 5 nitrogen and oxygen atoms in total. The molecule has 0 aliphatic rings. The van der Waals surface area contributed by atoms with Gasteiger partial charge < -0.3 is 9.62 Å². The summed E-state index contributed by atoms with van der Waals surface area (Å²) in [4.78, 5) is 0. The summed E-state index contributed by atoms with van der Waals surface area (Å²) in [5, 5.41) is 20.3. The van der Waals surface area contributed by atoms with Gasteiger partial charge in [0, 0.05) is 17.7 Å². The summed E-state index contributed by atoms with van der Waals surface area (Å²) < 4.78 is 6.52. The lowest BCUT2D eigenvalue weighted by molar-refractivity contribution is -0.645. The van der Waals surface area contributed by atoms with Gasteiger partial charge in [0.15, 0.2) is 6.20 Å². The molecule has 0 spiro atoms. The third-order valence-corrected chi connectivity index (χ3v) is 4.01. The number of thioether (sulfide) groups is 1. The van der Waals surface area contributed by atoms with Crippen molar-refractivity contribution in [3.63, 3.8) is 0 Å². The van der Waals surface area contributed by atoms with Gasteiger partial charge in [-0.3, -0.25) is 0 Å². The van der Waals surface area contributed by atoms with Gasteiger partial charge in [0.2, 0.25) is 11.8 Å². The van der Waals surface area contributed by atoms with E-state index in [9.17, 15) is 5.21 Å². The minimum atomic E-state index is -0.0995. The molecular formula is C15H13N3O2S. The number of hydrogen-bond donors (Lipinski definition) is 0. The highest BCUT2D eigenvalue weighted by atomic mass is 32.2. The molecule has 0 saturated carbocycles. The van der Waals surface area contributed by atoms with Gasteiger partial charge in [0.1, 0.15) is 0 Å². The van der Waals surface area contributed by atoms with Crippen molar-refractivity contribution >= 4 is 11.8 Å². The second-order valence-corrected chi connectivity index (χ2v) is 5.80. The van der Waals surface area contributed by atoms with Crippen molar-refractivity contribution in [1.29, 1.82) is 0 Å². The molecule has 0 saturated heterocycles. The van der Waals surface area contributed by atoms with Gasteiger partial charge in [0.25, 0.3) is 5.03 Å². The molecule has 1 aromatic carbocycles. The zero-order valence-corrected chi connectivity index (χ0v) is 12.2. The molecule has 106 valence electrons. The summed E-state index contributed by atoms with van der Waals surface area (Å²) in [5.41, 5.74) is 0.882. The molecule has 0 unspecified atom stereocenters. The first kappa shape index (κ1) is 13.6. The van der Waals surface area contributed by atoms with Gasteiger partial charge >= 0.3 is 0 Å². The minimum Gasteiger partial charge on any atom is -0.618 e. The fourth-order valence-corrected chi connectivity index (χ4v) is 2.71. The lowest BCUT2D eigenvalue weighted by atomic mass is 10.2. The van der Waals surface area contributed by atoms with Gasteiger partial charge in [-0.05, 0) is 36.9 Å². The van der Waals surface area contributed by atoms with E-state index in [2.05, 4.69) is 10.2 Å². The molecule has 3 aromatic rings. The van der Waals surface area contributed by atoms with Crippen LogP contribution in [-0.4, -0.2) is 10.2 Å². The molecule has 0 aliphatic carbocycles. The fraction of sp³-hybridized carbons (Fsp3) is 0.133. The van der Waals surface area contributed by atoms with Gasteiger partial charge in [0.05, 0.1) is 5.25 Å². The first-order chi connectivity index (χ1) is 10.2. The quantitative estimate of drug-likeness (QED) is 0.420. The Morgan fingerprint density at radius 1 is 1.10 bits per heavy atom. The molecule has 21 heavy (non-hydrogen) atoms. The predicted molar refractivity (Wildman–Crippen MR) is 79.4 cm³/mol. The largest absolute Gasteiger partial charge is 0.618 e. The van der Waals surface area contributed by atoms with E-state index in [0.717, 1.165) is 10.3 Å². The topological polar surface area (TPSA) is 65.9 Å². The number of benzene rings is 1. The average Bonchev–Trinajstić information content (AvgIpc) is 3.00. The van der Waals surface area contributed by atoms with E-state index >= 15 is 0 Å². The number of nitrogens with zero attached hydrogens (tertiary/aromatic N) is 3. The first-order valence-corrected chi connectivity index (χ1v) is 7.35. The molecule has 0 bridgehead atoms. The van der Waals surface area contributed by atoms with Gasteiger partial charge in [-0.2, -0.15) is 4.73 Å². The molecule has 2 heterocycles. The summed E-state index contributed by atoms with van der Waals surface area (Å²) >= 11 is 1.39. The Morgan fingerprint density at radius 2 is 1.86 bits per heavy atom. The normalized spacial score (nSPS) is 12.2.